The van der Waals surface area contributed by atoms with Gasteiger partial charge in [0.1, 0.15) is 0 Å². The molecule has 2 aliphatic carbocycles. The first-order chi connectivity index (χ1) is 6.93. The molecule has 0 saturated carbocycles. The van der Waals surface area contributed by atoms with E-state index in [1.807, 2.05) is 11.8 Å². The normalized spacial score (nSPS) is 29.1. The van der Waals surface area contributed by atoms with Gasteiger partial charge in [-0.3, -0.25) is 0 Å². The Labute approximate surface area is 88.7 Å². The van der Waals surface area contributed by atoms with Crippen molar-refractivity contribution in [3.63, 3.8) is 0 Å². The van der Waals surface area contributed by atoms with Crippen LogP contribution in [-0.4, -0.2) is 6.04 Å². The Morgan fingerprint density at radius 2 is 2.14 bits per heavy atom. The zero-order chi connectivity index (χ0) is 9.38. The minimum absolute atomic E-state index is 0.440. The minimum Gasteiger partial charge on any atom is -0.374 e. The highest BCUT2D eigenvalue weighted by atomic mass is 32.2. The van der Waals surface area contributed by atoms with Crippen molar-refractivity contribution in [1.82, 2.24) is 5.32 Å². The number of rotatable bonds is 0. The smallest absolute Gasteiger partial charge is 0.0757 e. The van der Waals surface area contributed by atoms with E-state index in [4.69, 9.17) is 0 Å². The summed E-state index contributed by atoms with van der Waals surface area (Å²) in [6.07, 6.45) is 15.0. The maximum atomic E-state index is 3.57. The molecule has 1 nitrogen and oxygen atoms in total. The molecular formula is C12H13NS. The van der Waals surface area contributed by atoms with Crippen molar-refractivity contribution >= 4 is 11.8 Å². The molecule has 1 unspecified atom stereocenters. The van der Waals surface area contributed by atoms with E-state index in [2.05, 4.69) is 35.7 Å². The molecule has 0 radical (unpaired) electrons. The molecule has 1 heterocycles. The Hall–Kier alpha value is -0.890. The Balaban J connectivity index is 1.93. The maximum Gasteiger partial charge on any atom is 0.0757 e. The maximum absolute atomic E-state index is 3.57. The van der Waals surface area contributed by atoms with Crippen LogP contribution in [0.1, 0.15) is 19.3 Å². The lowest BCUT2D eigenvalue weighted by Crippen LogP contribution is -2.33. The lowest BCUT2D eigenvalue weighted by molar-refractivity contribution is 0.757. The summed E-state index contributed by atoms with van der Waals surface area (Å²) >= 11 is 1.94. The Kier molecular flexibility index (Phi) is 2.02. The van der Waals surface area contributed by atoms with Crippen LogP contribution in [-0.2, 0) is 0 Å². The molecule has 3 aliphatic rings. The predicted molar refractivity (Wildman–Crippen MR) is 61.8 cm³/mol. The van der Waals surface area contributed by atoms with Crippen LogP contribution >= 0.6 is 11.8 Å². The fourth-order valence-corrected chi connectivity index (χ4v) is 3.17. The summed E-state index contributed by atoms with van der Waals surface area (Å²) in [5.41, 5.74) is 1.34. The van der Waals surface area contributed by atoms with Crippen LogP contribution in [0.15, 0.2) is 45.9 Å². The van der Waals surface area contributed by atoms with Gasteiger partial charge in [-0.1, -0.05) is 42.1 Å². The van der Waals surface area contributed by atoms with Gasteiger partial charge in [-0.2, -0.15) is 0 Å². The average molecular weight is 203 g/mol. The van der Waals surface area contributed by atoms with Gasteiger partial charge in [-0.25, -0.2) is 0 Å². The zero-order valence-corrected chi connectivity index (χ0v) is 8.81. The van der Waals surface area contributed by atoms with E-state index in [-0.39, 0.29) is 0 Å². The van der Waals surface area contributed by atoms with E-state index in [9.17, 15) is 0 Å². The van der Waals surface area contributed by atoms with E-state index in [0.717, 1.165) is 6.42 Å². The molecule has 1 saturated heterocycles. The first-order valence-corrected chi connectivity index (χ1v) is 5.97. The molecule has 0 aromatic carbocycles. The standard InChI is InChI=1S/C12H13NS/c1-3-7-11-9(5-1)13-10-6-2-4-8-12(10)14-11/h1,5-9,13H,2-4H2. The van der Waals surface area contributed by atoms with Gasteiger partial charge in [0.2, 0.25) is 0 Å². The van der Waals surface area contributed by atoms with E-state index >= 15 is 0 Å². The number of hydrogen-bond donors (Lipinski definition) is 1. The molecule has 0 bridgehead atoms. The summed E-state index contributed by atoms with van der Waals surface area (Å²) in [5.74, 6) is 0. The average Bonchev–Trinajstić information content (AvgIpc) is 2.26. The molecule has 1 N–H and O–H groups in total. The van der Waals surface area contributed by atoms with Crippen molar-refractivity contribution in [3.8, 4) is 0 Å². The van der Waals surface area contributed by atoms with E-state index in [1.54, 1.807) is 0 Å². The number of nitrogens with one attached hydrogen (secondary N) is 1. The van der Waals surface area contributed by atoms with Crippen LogP contribution in [0.4, 0.5) is 0 Å². The van der Waals surface area contributed by atoms with Crippen molar-refractivity contribution in [2.24, 2.45) is 0 Å². The third-order valence-corrected chi connectivity index (χ3v) is 4.00. The van der Waals surface area contributed by atoms with Gasteiger partial charge in [0.15, 0.2) is 0 Å². The molecule has 72 valence electrons. The minimum atomic E-state index is 0.440. The number of hydrogen-bond acceptors (Lipinski definition) is 2. The second-order valence-electron chi connectivity index (χ2n) is 3.76. The van der Waals surface area contributed by atoms with Crippen LogP contribution in [0.5, 0.6) is 0 Å². The van der Waals surface area contributed by atoms with E-state index in [0.29, 0.717) is 6.04 Å². The predicted octanol–water partition coefficient (Wildman–Crippen LogP) is 3.10. The second kappa shape index (κ2) is 3.35. The molecule has 1 atom stereocenters. The molecular weight excluding hydrogens is 190 g/mol. The molecule has 14 heavy (non-hydrogen) atoms. The van der Waals surface area contributed by atoms with Crippen molar-refractivity contribution < 1.29 is 0 Å². The molecule has 3 rings (SSSR count). The first kappa shape index (κ1) is 8.42. The van der Waals surface area contributed by atoms with Gasteiger partial charge in [0.05, 0.1) is 6.04 Å². The monoisotopic (exact) mass is 203 g/mol. The molecule has 0 amide bonds. The molecule has 1 fully saturated rings. The summed E-state index contributed by atoms with van der Waals surface area (Å²) in [7, 11) is 0. The highest BCUT2D eigenvalue weighted by molar-refractivity contribution is 8.07. The van der Waals surface area contributed by atoms with Crippen molar-refractivity contribution in [2.75, 3.05) is 0 Å². The lowest BCUT2D eigenvalue weighted by Gasteiger charge is -2.32. The number of thioether (sulfide) groups is 1. The van der Waals surface area contributed by atoms with Crippen molar-refractivity contribution in [1.29, 1.82) is 0 Å². The summed E-state index contributed by atoms with van der Waals surface area (Å²) in [5, 5.41) is 3.57. The number of allylic oxidation sites excluding steroid dienone is 4. The lowest BCUT2D eigenvalue weighted by atomic mass is 10.1. The van der Waals surface area contributed by atoms with Gasteiger partial charge in [0.25, 0.3) is 0 Å². The molecule has 0 aromatic rings. The number of fused-ring (bicyclic) bond motifs is 2. The van der Waals surface area contributed by atoms with Crippen LogP contribution in [0.25, 0.3) is 0 Å². The first-order valence-electron chi connectivity index (χ1n) is 5.15. The van der Waals surface area contributed by atoms with Crippen molar-refractivity contribution in [2.45, 2.75) is 25.3 Å². The molecule has 2 heteroatoms. The van der Waals surface area contributed by atoms with Gasteiger partial charge in [-0.15, -0.1) is 0 Å². The van der Waals surface area contributed by atoms with E-state index < -0.39 is 0 Å². The van der Waals surface area contributed by atoms with Crippen LogP contribution in [0, 0.1) is 0 Å². The summed E-state index contributed by atoms with van der Waals surface area (Å²) in [6.45, 7) is 0. The Morgan fingerprint density at radius 3 is 3.14 bits per heavy atom. The largest absolute Gasteiger partial charge is 0.374 e. The van der Waals surface area contributed by atoms with Gasteiger partial charge < -0.3 is 5.32 Å². The molecule has 0 spiro atoms. The summed E-state index contributed by atoms with van der Waals surface area (Å²) in [6, 6.07) is 0.440. The quantitative estimate of drug-likeness (QED) is 0.607. The third-order valence-electron chi connectivity index (χ3n) is 2.74. The highest BCUT2D eigenvalue weighted by Crippen LogP contribution is 2.40. The fourth-order valence-electron chi connectivity index (χ4n) is 2.02. The van der Waals surface area contributed by atoms with Gasteiger partial charge in [0, 0.05) is 15.5 Å². The van der Waals surface area contributed by atoms with Crippen molar-refractivity contribution in [3.05, 3.63) is 45.9 Å². The molecule has 0 aromatic heterocycles. The van der Waals surface area contributed by atoms with Crippen LogP contribution in [0.3, 0.4) is 0 Å². The Morgan fingerprint density at radius 1 is 1.21 bits per heavy atom. The van der Waals surface area contributed by atoms with Gasteiger partial charge >= 0.3 is 0 Å². The highest BCUT2D eigenvalue weighted by Gasteiger charge is 2.25. The molecule has 1 aliphatic heterocycles. The third kappa shape index (κ3) is 1.34. The van der Waals surface area contributed by atoms with Crippen LogP contribution in [0.2, 0.25) is 0 Å². The van der Waals surface area contributed by atoms with E-state index in [1.165, 1.54) is 28.3 Å². The zero-order valence-electron chi connectivity index (χ0n) is 7.99. The van der Waals surface area contributed by atoms with Gasteiger partial charge in [-0.05, 0) is 19.3 Å². The summed E-state index contributed by atoms with van der Waals surface area (Å²) < 4.78 is 0. The SMILES string of the molecule is C1=CC2NC3=CCCC=C3SC2=CC1. The topological polar surface area (TPSA) is 12.0 Å². The second-order valence-corrected chi connectivity index (χ2v) is 4.87. The fraction of sp³-hybridized carbons (Fsp3) is 0.333. The van der Waals surface area contributed by atoms with Crippen LogP contribution < -0.4 is 5.32 Å². The summed E-state index contributed by atoms with van der Waals surface area (Å²) in [4.78, 5) is 2.90. The Bertz CT molecular complexity index is 374.